The predicted molar refractivity (Wildman–Crippen MR) is 155 cm³/mol. The lowest BCUT2D eigenvalue weighted by atomic mass is 9.99. The summed E-state index contributed by atoms with van der Waals surface area (Å²) in [5, 5.41) is 21.0. The largest absolute Gasteiger partial charge is 0.390 e. The standard InChI is InChI=1S/C29H46F2N4O5S/c1-6-10-35(11-7-2)41(38,39)12-9-29(37)33-26(16-21-14-22(30)17-23(31)15-21)27(36)18-32-19-28-24(13-20(4)5)25(8-3)34-40-28/h14-15,17,20,26-27,32,36H,6-13,16,18-19H2,1-5H3,(H,33,37)/t26-,27+/m0/s1. The maximum absolute atomic E-state index is 13.9. The van der Waals surface area contributed by atoms with E-state index >= 15 is 0 Å². The zero-order valence-corrected chi connectivity index (χ0v) is 25.7. The zero-order valence-electron chi connectivity index (χ0n) is 24.9. The van der Waals surface area contributed by atoms with E-state index in [4.69, 9.17) is 4.52 Å². The number of benzene rings is 1. The molecule has 41 heavy (non-hydrogen) atoms. The van der Waals surface area contributed by atoms with Crippen LogP contribution in [-0.4, -0.2) is 66.4 Å². The normalized spacial score (nSPS) is 13.6. The molecule has 0 bridgehead atoms. The SMILES string of the molecule is CCCN(CCC)S(=O)(=O)CCC(=O)N[C@@H](Cc1cc(F)cc(F)c1)[C@H](O)CNCc1onc(CC)c1CC(C)C. The molecule has 232 valence electrons. The molecule has 2 rings (SSSR count). The van der Waals surface area contributed by atoms with Crippen LogP contribution in [0.4, 0.5) is 8.78 Å². The molecular formula is C29H46F2N4O5S. The molecule has 2 atom stereocenters. The van der Waals surface area contributed by atoms with Crippen LogP contribution in [-0.2, 0) is 40.6 Å². The van der Waals surface area contributed by atoms with Gasteiger partial charge in [-0.1, -0.05) is 39.8 Å². The first-order valence-corrected chi connectivity index (χ1v) is 16.1. The molecule has 0 saturated carbocycles. The van der Waals surface area contributed by atoms with Crippen LogP contribution in [0.25, 0.3) is 0 Å². The average Bonchev–Trinajstić information content (AvgIpc) is 3.27. The summed E-state index contributed by atoms with van der Waals surface area (Å²) in [6, 6.07) is 2.09. The number of aromatic nitrogens is 1. The minimum Gasteiger partial charge on any atom is -0.390 e. The van der Waals surface area contributed by atoms with Gasteiger partial charge in [0.15, 0.2) is 5.76 Å². The number of amides is 1. The minimum absolute atomic E-state index is 0.0328. The van der Waals surface area contributed by atoms with E-state index in [1.165, 1.54) is 4.31 Å². The molecule has 1 aromatic heterocycles. The van der Waals surface area contributed by atoms with Crippen LogP contribution in [0.1, 0.15) is 76.5 Å². The summed E-state index contributed by atoms with van der Waals surface area (Å²) in [7, 11) is -3.64. The van der Waals surface area contributed by atoms with Gasteiger partial charge in [-0.15, -0.1) is 0 Å². The van der Waals surface area contributed by atoms with Crippen LogP contribution in [0.5, 0.6) is 0 Å². The van der Waals surface area contributed by atoms with E-state index in [-0.39, 0.29) is 30.7 Å². The van der Waals surface area contributed by atoms with Gasteiger partial charge >= 0.3 is 0 Å². The smallest absolute Gasteiger partial charge is 0.221 e. The second-order valence-electron chi connectivity index (χ2n) is 10.8. The fraction of sp³-hybridized carbons (Fsp3) is 0.655. The highest BCUT2D eigenvalue weighted by Crippen LogP contribution is 2.19. The van der Waals surface area contributed by atoms with Gasteiger partial charge in [0.05, 0.1) is 30.1 Å². The molecule has 0 aliphatic heterocycles. The Kier molecular flexibility index (Phi) is 14.3. The average molecular weight is 601 g/mol. The van der Waals surface area contributed by atoms with Crippen molar-refractivity contribution in [3.8, 4) is 0 Å². The van der Waals surface area contributed by atoms with E-state index in [2.05, 4.69) is 29.6 Å². The summed E-state index contributed by atoms with van der Waals surface area (Å²) in [5.74, 6) is -1.43. The van der Waals surface area contributed by atoms with Crippen LogP contribution in [0.2, 0.25) is 0 Å². The topological polar surface area (TPSA) is 125 Å². The summed E-state index contributed by atoms with van der Waals surface area (Å²) in [4.78, 5) is 12.8. The fourth-order valence-corrected chi connectivity index (χ4v) is 6.32. The first-order valence-electron chi connectivity index (χ1n) is 14.5. The molecule has 0 radical (unpaired) electrons. The zero-order chi connectivity index (χ0) is 30.6. The van der Waals surface area contributed by atoms with Gasteiger partial charge in [-0.3, -0.25) is 4.79 Å². The van der Waals surface area contributed by atoms with Crippen molar-refractivity contribution in [2.75, 3.05) is 25.4 Å². The summed E-state index contributed by atoms with van der Waals surface area (Å²) in [5.41, 5.74) is 2.17. The van der Waals surface area contributed by atoms with Gasteiger partial charge in [0, 0.05) is 37.7 Å². The molecule has 0 aliphatic rings. The lowest BCUT2D eigenvalue weighted by Gasteiger charge is -2.25. The van der Waals surface area contributed by atoms with Crippen LogP contribution in [0.3, 0.4) is 0 Å². The Bertz CT molecular complexity index is 1180. The Balaban J connectivity index is 2.11. The highest BCUT2D eigenvalue weighted by molar-refractivity contribution is 7.89. The first kappa shape index (κ1) is 34.8. The Labute approximate surface area is 243 Å². The van der Waals surface area contributed by atoms with Crippen LogP contribution in [0.15, 0.2) is 22.7 Å². The summed E-state index contributed by atoms with van der Waals surface area (Å²) in [6.07, 6.45) is 1.32. The molecule has 0 spiro atoms. The van der Waals surface area contributed by atoms with Gasteiger partial charge in [0.2, 0.25) is 15.9 Å². The lowest BCUT2D eigenvalue weighted by Crippen LogP contribution is -2.49. The van der Waals surface area contributed by atoms with Crippen molar-refractivity contribution in [3.05, 3.63) is 52.4 Å². The van der Waals surface area contributed by atoms with Crippen molar-refractivity contribution >= 4 is 15.9 Å². The number of nitrogens with one attached hydrogen (secondary N) is 2. The van der Waals surface area contributed by atoms with Crippen molar-refractivity contribution in [1.82, 2.24) is 20.1 Å². The Morgan fingerprint density at radius 2 is 1.71 bits per heavy atom. The third-order valence-electron chi connectivity index (χ3n) is 6.65. The molecule has 1 aromatic carbocycles. The van der Waals surface area contributed by atoms with Crippen molar-refractivity contribution in [1.29, 1.82) is 0 Å². The second kappa shape index (κ2) is 16.9. The highest BCUT2D eigenvalue weighted by atomic mass is 32.2. The lowest BCUT2D eigenvalue weighted by molar-refractivity contribution is -0.122. The number of hydrogen-bond acceptors (Lipinski definition) is 7. The molecule has 1 amide bonds. The van der Waals surface area contributed by atoms with Gasteiger partial charge in [0.1, 0.15) is 11.6 Å². The molecule has 0 fully saturated rings. The van der Waals surface area contributed by atoms with E-state index in [1.807, 2.05) is 20.8 Å². The van der Waals surface area contributed by atoms with Gasteiger partial charge in [-0.05, 0) is 55.7 Å². The maximum atomic E-state index is 13.9. The quantitative estimate of drug-likeness (QED) is 0.224. The molecule has 0 aliphatic carbocycles. The third-order valence-corrected chi connectivity index (χ3v) is 8.52. The number of aliphatic hydroxyl groups excluding tert-OH is 1. The number of hydrogen-bond donors (Lipinski definition) is 3. The van der Waals surface area contributed by atoms with Gasteiger partial charge in [0.25, 0.3) is 0 Å². The van der Waals surface area contributed by atoms with Crippen molar-refractivity contribution < 1.29 is 31.6 Å². The monoisotopic (exact) mass is 600 g/mol. The van der Waals surface area contributed by atoms with E-state index in [0.717, 1.165) is 42.3 Å². The molecule has 0 unspecified atom stereocenters. The molecule has 12 heteroatoms. The third kappa shape index (κ3) is 11.4. The molecule has 9 nitrogen and oxygen atoms in total. The van der Waals surface area contributed by atoms with Crippen LogP contribution < -0.4 is 10.6 Å². The minimum atomic E-state index is -3.64. The number of rotatable bonds is 19. The van der Waals surface area contributed by atoms with E-state index in [0.29, 0.717) is 44.2 Å². The van der Waals surface area contributed by atoms with E-state index < -0.39 is 39.7 Å². The van der Waals surface area contributed by atoms with Crippen molar-refractivity contribution in [2.24, 2.45) is 5.92 Å². The second-order valence-corrected chi connectivity index (χ2v) is 12.9. The van der Waals surface area contributed by atoms with Gasteiger partial charge in [-0.25, -0.2) is 21.5 Å². The van der Waals surface area contributed by atoms with Gasteiger partial charge in [-0.2, -0.15) is 0 Å². The Morgan fingerprint density at radius 3 is 2.27 bits per heavy atom. The number of aliphatic hydroxyl groups is 1. The summed E-state index contributed by atoms with van der Waals surface area (Å²) in [6.45, 7) is 11.1. The van der Waals surface area contributed by atoms with E-state index in [1.54, 1.807) is 0 Å². The van der Waals surface area contributed by atoms with Crippen LogP contribution in [0, 0.1) is 17.6 Å². The predicted octanol–water partition coefficient (Wildman–Crippen LogP) is 3.73. The summed E-state index contributed by atoms with van der Waals surface area (Å²) < 4.78 is 60.2. The van der Waals surface area contributed by atoms with Crippen molar-refractivity contribution in [3.63, 3.8) is 0 Å². The van der Waals surface area contributed by atoms with Crippen LogP contribution >= 0.6 is 0 Å². The number of sulfonamides is 1. The molecule has 0 saturated heterocycles. The number of aryl methyl sites for hydroxylation is 1. The highest BCUT2D eigenvalue weighted by Gasteiger charge is 2.26. The fourth-order valence-electron chi connectivity index (χ4n) is 4.70. The van der Waals surface area contributed by atoms with Gasteiger partial charge < -0.3 is 20.3 Å². The summed E-state index contributed by atoms with van der Waals surface area (Å²) >= 11 is 0. The number of carbonyl (C=O) groups is 1. The molecular weight excluding hydrogens is 554 g/mol. The first-order chi connectivity index (χ1) is 19.4. The molecule has 2 aromatic rings. The Hall–Kier alpha value is -2.41. The number of halogens is 2. The molecule has 3 N–H and O–H groups in total. The van der Waals surface area contributed by atoms with E-state index in [9.17, 15) is 27.1 Å². The Morgan fingerprint density at radius 1 is 1.07 bits per heavy atom. The van der Waals surface area contributed by atoms with Crippen molar-refractivity contribution in [2.45, 2.75) is 91.8 Å². The maximum Gasteiger partial charge on any atom is 0.221 e. The number of nitrogens with zero attached hydrogens (tertiary/aromatic N) is 2. The number of carbonyl (C=O) groups excluding carboxylic acids is 1. The molecule has 1 heterocycles.